The number of benzene rings is 8. The van der Waals surface area contributed by atoms with E-state index < -0.39 is 0 Å². The molecule has 0 bridgehead atoms. The minimum Gasteiger partial charge on any atom is -0.455 e. The molecule has 0 radical (unpaired) electrons. The van der Waals surface area contributed by atoms with E-state index in [0.717, 1.165) is 77.7 Å². The average Bonchev–Trinajstić information content (AvgIpc) is 3.62. The number of nitrogens with zero attached hydrogens (tertiary/aromatic N) is 2. The molecule has 0 aliphatic rings. The van der Waals surface area contributed by atoms with Gasteiger partial charge in [0, 0.05) is 32.8 Å². The topological polar surface area (TPSA) is 38.9 Å². The highest BCUT2D eigenvalue weighted by atomic mass is 16.3. The normalized spacial score (nSPS) is 11.4. The highest BCUT2D eigenvalue weighted by Gasteiger charge is 2.16. The molecule has 0 aliphatic heterocycles. The molecule has 0 unspecified atom stereocenters. The molecule has 0 fully saturated rings. The van der Waals surface area contributed by atoms with Gasteiger partial charge >= 0.3 is 0 Å². The van der Waals surface area contributed by atoms with Crippen molar-refractivity contribution in [1.29, 1.82) is 0 Å². The lowest BCUT2D eigenvalue weighted by Crippen LogP contribution is -1.96. The van der Waals surface area contributed by atoms with Gasteiger partial charge in [0.05, 0.1) is 11.4 Å². The lowest BCUT2D eigenvalue weighted by Gasteiger charge is -2.11. The first-order valence-corrected chi connectivity index (χ1v) is 17.9. The number of fused-ring (bicyclic) bond motifs is 5. The Morgan fingerprint density at radius 3 is 1.49 bits per heavy atom. The summed E-state index contributed by atoms with van der Waals surface area (Å²) in [6.45, 7) is 0. The molecule has 248 valence electrons. The summed E-state index contributed by atoms with van der Waals surface area (Å²) >= 11 is 0. The van der Waals surface area contributed by atoms with Crippen LogP contribution in [-0.4, -0.2) is 9.97 Å². The first-order valence-electron chi connectivity index (χ1n) is 17.9. The SMILES string of the molecule is c1ccc(-c2cc(-c3cccc(-c4cccc(-c5ccc6c(c5)oc5c7ccccc7c(-c7ccccc7)cc65)c4)c3)nc(-c3ccccc3)n2)cc1. The highest BCUT2D eigenvalue weighted by Crippen LogP contribution is 2.41. The van der Waals surface area contributed by atoms with E-state index in [9.17, 15) is 0 Å². The Morgan fingerprint density at radius 2 is 0.811 bits per heavy atom. The van der Waals surface area contributed by atoms with Crippen molar-refractivity contribution in [3.8, 4) is 67.3 Å². The van der Waals surface area contributed by atoms with Gasteiger partial charge in [-0.3, -0.25) is 0 Å². The first-order chi connectivity index (χ1) is 26.2. The number of aromatic nitrogens is 2. The minimum absolute atomic E-state index is 0.708. The van der Waals surface area contributed by atoms with Crippen molar-refractivity contribution in [3.63, 3.8) is 0 Å². The van der Waals surface area contributed by atoms with Gasteiger partial charge < -0.3 is 4.42 Å². The van der Waals surface area contributed by atoms with Gasteiger partial charge in [-0.2, -0.15) is 0 Å². The zero-order valence-corrected chi connectivity index (χ0v) is 28.8. The number of furan rings is 1. The van der Waals surface area contributed by atoms with E-state index in [4.69, 9.17) is 14.4 Å². The van der Waals surface area contributed by atoms with Gasteiger partial charge in [0.1, 0.15) is 11.2 Å². The van der Waals surface area contributed by atoms with Crippen molar-refractivity contribution in [2.75, 3.05) is 0 Å². The molecule has 0 saturated heterocycles. The fraction of sp³-hybridized carbons (Fsp3) is 0. The van der Waals surface area contributed by atoms with Crippen molar-refractivity contribution in [3.05, 3.63) is 194 Å². The molecule has 0 amide bonds. The van der Waals surface area contributed by atoms with Crippen LogP contribution in [0.4, 0.5) is 0 Å². The van der Waals surface area contributed by atoms with Crippen molar-refractivity contribution in [1.82, 2.24) is 9.97 Å². The third-order valence-corrected chi connectivity index (χ3v) is 10.1. The average molecular weight is 677 g/mol. The molecule has 2 aromatic heterocycles. The molecule has 8 aromatic carbocycles. The molecule has 10 aromatic rings. The van der Waals surface area contributed by atoms with E-state index >= 15 is 0 Å². The second-order valence-corrected chi connectivity index (χ2v) is 13.4. The van der Waals surface area contributed by atoms with Crippen LogP contribution in [0.25, 0.3) is 100.0 Å². The number of hydrogen-bond acceptors (Lipinski definition) is 3. The minimum atomic E-state index is 0.708. The summed E-state index contributed by atoms with van der Waals surface area (Å²) in [6, 6.07) is 67.9. The van der Waals surface area contributed by atoms with Crippen LogP contribution in [0.3, 0.4) is 0 Å². The molecule has 0 atom stereocenters. The lowest BCUT2D eigenvalue weighted by atomic mass is 9.94. The van der Waals surface area contributed by atoms with E-state index in [1.165, 1.54) is 16.5 Å². The zero-order chi connectivity index (χ0) is 35.1. The number of hydrogen-bond donors (Lipinski definition) is 0. The van der Waals surface area contributed by atoms with Gasteiger partial charge in [0.2, 0.25) is 0 Å². The smallest absolute Gasteiger partial charge is 0.160 e. The monoisotopic (exact) mass is 676 g/mol. The molecule has 3 nitrogen and oxygen atoms in total. The van der Waals surface area contributed by atoms with Crippen LogP contribution in [0.15, 0.2) is 199 Å². The lowest BCUT2D eigenvalue weighted by molar-refractivity contribution is 0.673. The first kappa shape index (κ1) is 30.7. The van der Waals surface area contributed by atoms with Crippen LogP contribution in [0.1, 0.15) is 0 Å². The Kier molecular flexibility index (Phi) is 7.47. The Morgan fingerprint density at radius 1 is 0.302 bits per heavy atom. The van der Waals surface area contributed by atoms with Crippen molar-refractivity contribution >= 4 is 32.7 Å². The van der Waals surface area contributed by atoms with Gasteiger partial charge in [-0.1, -0.05) is 158 Å². The van der Waals surface area contributed by atoms with Crippen LogP contribution in [0.2, 0.25) is 0 Å². The van der Waals surface area contributed by atoms with Gasteiger partial charge in [-0.15, -0.1) is 0 Å². The third-order valence-electron chi connectivity index (χ3n) is 10.1. The van der Waals surface area contributed by atoms with Gasteiger partial charge in [0.15, 0.2) is 5.82 Å². The van der Waals surface area contributed by atoms with E-state index in [0.29, 0.717) is 5.82 Å². The third kappa shape index (κ3) is 5.65. The molecule has 0 saturated carbocycles. The molecule has 3 heteroatoms. The Hall–Kier alpha value is -7.10. The summed E-state index contributed by atoms with van der Waals surface area (Å²) in [6.07, 6.45) is 0. The largest absolute Gasteiger partial charge is 0.455 e. The maximum atomic E-state index is 6.67. The molecule has 0 spiro atoms. The molecule has 2 heterocycles. The molecular weight excluding hydrogens is 645 g/mol. The molecule has 0 aliphatic carbocycles. The standard InChI is InChI=1S/C50H32N2O/c1-4-14-33(15-5-1)44-31-45-42-27-26-39(30-48(42)53-49(45)43-25-11-10-24-41(43)44)37-21-12-20-36(28-37)38-22-13-23-40(29-38)47-32-46(34-16-6-2-7-17-34)51-50(52-47)35-18-8-3-9-19-35/h1-32H. The molecule has 53 heavy (non-hydrogen) atoms. The molecular formula is C50H32N2O. The summed E-state index contributed by atoms with van der Waals surface area (Å²) in [5, 5.41) is 4.56. The summed E-state index contributed by atoms with van der Waals surface area (Å²) in [5.41, 5.74) is 13.6. The highest BCUT2D eigenvalue weighted by molar-refractivity contribution is 6.19. The van der Waals surface area contributed by atoms with Crippen molar-refractivity contribution < 1.29 is 4.42 Å². The predicted molar refractivity (Wildman–Crippen MR) is 219 cm³/mol. The Balaban J connectivity index is 1.04. The zero-order valence-electron chi connectivity index (χ0n) is 28.8. The maximum absolute atomic E-state index is 6.67. The Bertz CT molecular complexity index is 2870. The summed E-state index contributed by atoms with van der Waals surface area (Å²) in [4.78, 5) is 10.0. The van der Waals surface area contributed by atoms with Crippen LogP contribution in [0.5, 0.6) is 0 Å². The Labute approximate surface area is 307 Å². The van der Waals surface area contributed by atoms with E-state index in [1.54, 1.807) is 0 Å². The summed E-state index contributed by atoms with van der Waals surface area (Å²) < 4.78 is 6.67. The number of rotatable bonds is 6. The quantitative estimate of drug-likeness (QED) is 0.176. The van der Waals surface area contributed by atoms with Crippen LogP contribution >= 0.6 is 0 Å². The van der Waals surface area contributed by atoms with Crippen LogP contribution in [0, 0.1) is 0 Å². The van der Waals surface area contributed by atoms with Crippen LogP contribution in [-0.2, 0) is 0 Å². The molecule has 0 N–H and O–H groups in total. The van der Waals surface area contributed by atoms with E-state index in [-0.39, 0.29) is 0 Å². The van der Waals surface area contributed by atoms with E-state index in [1.807, 2.05) is 36.4 Å². The fourth-order valence-electron chi connectivity index (χ4n) is 7.44. The summed E-state index contributed by atoms with van der Waals surface area (Å²) in [7, 11) is 0. The predicted octanol–water partition coefficient (Wildman–Crippen LogP) is 13.5. The summed E-state index contributed by atoms with van der Waals surface area (Å²) in [5.74, 6) is 0.708. The van der Waals surface area contributed by atoms with Crippen molar-refractivity contribution in [2.24, 2.45) is 0 Å². The second kappa shape index (κ2) is 12.9. The van der Waals surface area contributed by atoms with Gasteiger partial charge in [-0.05, 0) is 75.2 Å². The fourth-order valence-corrected chi connectivity index (χ4v) is 7.44. The van der Waals surface area contributed by atoms with Gasteiger partial charge in [0.25, 0.3) is 0 Å². The maximum Gasteiger partial charge on any atom is 0.160 e. The second-order valence-electron chi connectivity index (χ2n) is 13.4. The van der Waals surface area contributed by atoms with Crippen LogP contribution < -0.4 is 0 Å². The molecule has 10 rings (SSSR count). The van der Waals surface area contributed by atoms with Crippen molar-refractivity contribution in [2.45, 2.75) is 0 Å². The van der Waals surface area contributed by atoms with Gasteiger partial charge in [-0.25, -0.2) is 9.97 Å². The van der Waals surface area contributed by atoms with E-state index in [2.05, 4.69) is 158 Å².